The fourth-order valence-electron chi connectivity index (χ4n) is 2.42. The van der Waals surface area contributed by atoms with Crippen molar-refractivity contribution in [1.82, 2.24) is 9.38 Å². The molecule has 0 unspecified atom stereocenters. The molecule has 10 heteroatoms. The van der Waals surface area contributed by atoms with Crippen molar-refractivity contribution in [3.05, 3.63) is 62.5 Å². The van der Waals surface area contributed by atoms with E-state index in [9.17, 15) is 18.0 Å². The number of pyridine rings is 1. The van der Waals surface area contributed by atoms with Crippen molar-refractivity contribution in [2.45, 2.75) is 13.1 Å². The highest BCUT2D eigenvalue weighted by Crippen LogP contribution is 2.33. The maximum Gasteiger partial charge on any atom is 0.417 e. The number of benzene rings is 1. The molecule has 3 rings (SSSR count). The number of nitrogens with one attached hydrogen (secondary N) is 1. The molecule has 0 saturated heterocycles. The Kier molecular flexibility index (Phi) is 4.81. The summed E-state index contributed by atoms with van der Waals surface area (Å²) in [5.74, 6) is -0.699. The van der Waals surface area contributed by atoms with Crippen molar-refractivity contribution in [2.75, 3.05) is 5.32 Å². The van der Waals surface area contributed by atoms with Crippen LogP contribution in [0, 0.1) is 6.92 Å². The average molecular weight is 423 g/mol. The van der Waals surface area contributed by atoms with Crippen LogP contribution in [-0.4, -0.2) is 15.3 Å². The molecule has 2 heterocycles. The van der Waals surface area contributed by atoms with E-state index in [1.165, 1.54) is 25.1 Å². The standard InChI is InChI=1S/C16H9Cl3F3N3O/c1-7-13(15(26)24-12-5-9(17)2-3-10(12)18)25-6-8(16(20,21)22)4-11(19)14(25)23-7/h2-6H,1H3,(H,24,26). The van der Waals surface area contributed by atoms with Crippen LogP contribution >= 0.6 is 34.8 Å². The number of nitrogens with zero attached hydrogens (tertiary/aromatic N) is 2. The topological polar surface area (TPSA) is 46.4 Å². The van der Waals surface area contributed by atoms with Crippen molar-refractivity contribution in [3.63, 3.8) is 0 Å². The van der Waals surface area contributed by atoms with Gasteiger partial charge in [0, 0.05) is 11.2 Å². The quantitative estimate of drug-likeness (QED) is 0.561. The minimum atomic E-state index is -4.62. The van der Waals surface area contributed by atoms with Gasteiger partial charge in [-0.05, 0) is 31.2 Å². The maximum atomic E-state index is 13.1. The number of aromatic nitrogens is 2. The second kappa shape index (κ2) is 6.64. The first-order valence-electron chi connectivity index (χ1n) is 7.09. The summed E-state index contributed by atoms with van der Waals surface area (Å²) in [7, 11) is 0. The van der Waals surface area contributed by atoms with Crippen LogP contribution in [0.2, 0.25) is 15.1 Å². The monoisotopic (exact) mass is 421 g/mol. The number of hydrogen-bond donors (Lipinski definition) is 1. The van der Waals surface area contributed by atoms with Gasteiger partial charge in [-0.25, -0.2) is 4.98 Å². The Morgan fingerprint density at radius 1 is 1.15 bits per heavy atom. The van der Waals surface area contributed by atoms with Crippen LogP contribution in [0.3, 0.4) is 0 Å². The number of rotatable bonds is 2. The van der Waals surface area contributed by atoms with Gasteiger partial charge in [-0.2, -0.15) is 13.2 Å². The maximum absolute atomic E-state index is 13.1. The molecule has 1 N–H and O–H groups in total. The van der Waals surface area contributed by atoms with Crippen molar-refractivity contribution in [3.8, 4) is 0 Å². The van der Waals surface area contributed by atoms with Crippen LogP contribution in [-0.2, 0) is 6.18 Å². The second-order valence-electron chi connectivity index (χ2n) is 5.39. The Balaban J connectivity index is 2.12. The van der Waals surface area contributed by atoms with E-state index >= 15 is 0 Å². The molecule has 3 aromatic rings. The third-order valence-corrected chi connectivity index (χ3v) is 4.41. The van der Waals surface area contributed by atoms with E-state index in [1.807, 2.05) is 0 Å². The summed E-state index contributed by atoms with van der Waals surface area (Å²) in [5, 5.41) is 2.86. The molecule has 0 saturated carbocycles. The molecular weight excluding hydrogens is 414 g/mol. The van der Waals surface area contributed by atoms with Gasteiger partial charge in [0.15, 0.2) is 5.65 Å². The molecule has 0 aliphatic rings. The van der Waals surface area contributed by atoms with Gasteiger partial charge in [0.25, 0.3) is 5.91 Å². The van der Waals surface area contributed by atoms with Gasteiger partial charge in [0.1, 0.15) is 5.69 Å². The highest BCUT2D eigenvalue weighted by Gasteiger charge is 2.33. The van der Waals surface area contributed by atoms with Gasteiger partial charge in [-0.3, -0.25) is 9.20 Å². The molecule has 0 aliphatic heterocycles. The third kappa shape index (κ3) is 3.47. The van der Waals surface area contributed by atoms with Crippen LogP contribution in [0.25, 0.3) is 5.65 Å². The first-order valence-corrected chi connectivity index (χ1v) is 8.23. The van der Waals surface area contributed by atoms with Crippen molar-refractivity contribution in [1.29, 1.82) is 0 Å². The van der Waals surface area contributed by atoms with Gasteiger partial charge < -0.3 is 5.32 Å². The van der Waals surface area contributed by atoms with Gasteiger partial charge >= 0.3 is 6.18 Å². The first kappa shape index (κ1) is 18.8. The van der Waals surface area contributed by atoms with Gasteiger partial charge in [-0.1, -0.05) is 34.8 Å². The molecule has 0 fully saturated rings. The number of fused-ring (bicyclic) bond motifs is 1. The minimum absolute atomic E-state index is 0.0412. The average Bonchev–Trinajstić information content (AvgIpc) is 2.87. The van der Waals surface area contributed by atoms with Crippen molar-refractivity contribution >= 4 is 52.0 Å². The van der Waals surface area contributed by atoms with E-state index in [0.29, 0.717) is 5.02 Å². The Morgan fingerprint density at radius 3 is 2.50 bits per heavy atom. The molecule has 0 bridgehead atoms. The van der Waals surface area contributed by atoms with Crippen molar-refractivity contribution in [2.24, 2.45) is 0 Å². The van der Waals surface area contributed by atoms with Gasteiger partial charge in [0.05, 0.1) is 27.0 Å². The number of carbonyl (C=O) groups is 1. The number of imidazole rings is 1. The summed E-state index contributed by atoms with van der Waals surface area (Å²) in [4.78, 5) is 16.7. The van der Waals surface area contributed by atoms with Crippen LogP contribution in [0.4, 0.5) is 18.9 Å². The lowest BCUT2D eigenvalue weighted by Gasteiger charge is -2.11. The van der Waals surface area contributed by atoms with Crippen molar-refractivity contribution < 1.29 is 18.0 Å². The molecule has 1 aromatic carbocycles. The van der Waals surface area contributed by atoms with Gasteiger partial charge in [-0.15, -0.1) is 0 Å². The van der Waals surface area contributed by atoms with E-state index < -0.39 is 17.6 Å². The minimum Gasteiger partial charge on any atom is -0.319 e. The molecule has 0 atom stereocenters. The Bertz CT molecular complexity index is 1030. The zero-order valence-electron chi connectivity index (χ0n) is 13.0. The predicted molar refractivity (Wildman–Crippen MR) is 94.4 cm³/mol. The lowest BCUT2D eigenvalue weighted by Crippen LogP contribution is -2.17. The molecule has 1 amide bonds. The molecule has 0 spiro atoms. The lowest BCUT2D eigenvalue weighted by molar-refractivity contribution is -0.137. The summed E-state index contributed by atoms with van der Waals surface area (Å²) in [5.41, 5.74) is -0.621. The summed E-state index contributed by atoms with van der Waals surface area (Å²) < 4.78 is 40.2. The molecule has 4 nitrogen and oxygen atoms in total. The number of anilines is 1. The number of hydrogen-bond acceptors (Lipinski definition) is 2. The molecule has 2 aromatic heterocycles. The summed E-state index contributed by atoms with van der Waals surface area (Å²) in [6.45, 7) is 1.49. The highest BCUT2D eigenvalue weighted by atomic mass is 35.5. The summed E-state index contributed by atoms with van der Waals surface area (Å²) >= 11 is 17.8. The Hall–Kier alpha value is -1.96. The fourth-order valence-corrected chi connectivity index (χ4v) is 3.01. The van der Waals surface area contributed by atoms with Gasteiger partial charge in [0.2, 0.25) is 0 Å². The van der Waals surface area contributed by atoms with Crippen LogP contribution in [0.5, 0.6) is 0 Å². The largest absolute Gasteiger partial charge is 0.417 e. The molecule has 26 heavy (non-hydrogen) atoms. The SMILES string of the molecule is Cc1nc2c(Cl)cc(C(F)(F)F)cn2c1C(=O)Nc1cc(Cl)ccc1Cl. The van der Waals surface area contributed by atoms with E-state index in [4.69, 9.17) is 34.8 Å². The van der Waals surface area contributed by atoms with Crippen LogP contribution < -0.4 is 5.32 Å². The van der Waals surface area contributed by atoms with E-state index in [0.717, 1.165) is 16.7 Å². The summed E-state index contributed by atoms with van der Waals surface area (Å²) in [6.07, 6.45) is -3.85. The highest BCUT2D eigenvalue weighted by molar-refractivity contribution is 6.36. The number of aryl methyl sites for hydroxylation is 1. The van der Waals surface area contributed by atoms with E-state index in [1.54, 1.807) is 0 Å². The van der Waals surface area contributed by atoms with Crippen LogP contribution in [0.15, 0.2) is 30.5 Å². The van der Waals surface area contributed by atoms with E-state index in [-0.39, 0.29) is 32.8 Å². The zero-order chi connectivity index (χ0) is 19.2. The molecule has 0 radical (unpaired) electrons. The summed E-state index contributed by atoms with van der Waals surface area (Å²) in [6, 6.07) is 5.21. The Morgan fingerprint density at radius 2 is 1.85 bits per heavy atom. The number of halogens is 6. The first-order chi connectivity index (χ1) is 12.1. The molecule has 0 aliphatic carbocycles. The smallest absolute Gasteiger partial charge is 0.319 e. The third-order valence-electron chi connectivity index (χ3n) is 3.57. The zero-order valence-corrected chi connectivity index (χ0v) is 15.2. The van der Waals surface area contributed by atoms with Crippen LogP contribution in [0.1, 0.15) is 21.7 Å². The normalized spacial score (nSPS) is 11.8. The lowest BCUT2D eigenvalue weighted by atomic mass is 10.2. The predicted octanol–water partition coefficient (Wildman–Crippen LogP) is 5.87. The molecule has 136 valence electrons. The number of amides is 1. The Labute approximate surface area is 160 Å². The van der Waals surface area contributed by atoms with E-state index in [2.05, 4.69) is 10.3 Å². The number of carbonyl (C=O) groups excluding carboxylic acids is 1. The second-order valence-corrected chi connectivity index (χ2v) is 6.64. The number of alkyl halides is 3. The fraction of sp³-hybridized carbons (Fsp3) is 0.125. The molecular formula is C16H9Cl3F3N3O.